The number of ether oxygens (including phenoxy) is 2. The molecule has 1 aromatic carbocycles. The molecular formula is C14H22BrNO2. The molecule has 3 nitrogen and oxygen atoms in total. The van der Waals surface area contributed by atoms with Crippen LogP contribution in [0.3, 0.4) is 0 Å². The van der Waals surface area contributed by atoms with Crippen LogP contribution in [0.4, 0.5) is 0 Å². The predicted molar refractivity (Wildman–Crippen MR) is 77.7 cm³/mol. The number of methoxy groups -OCH3 is 1. The Kier molecular flexibility index (Phi) is 8.25. The molecule has 1 atom stereocenters. The number of benzene rings is 1. The van der Waals surface area contributed by atoms with Crippen LogP contribution < -0.4 is 5.73 Å². The molecule has 0 aliphatic rings. The molecule has 0 aliphatic carbocycles. The Labute approximate surface area is 118 Å². The summed E-state index contributed by atoms with van der Waals surface area (Å²) >= 11 is 3.44. The summed E-state index contributed by atoms with van der Waals surface area (Å²) in [5.41, 5.74) is 7.13. The van der Waals surface area contributed by atoms with Crippen molar-refractivity contribution < 1.29 is 9.47 Å². The van der Waals surface area contributed by atoms with E-state index in [0.717, 1.165) is 23.9 Å². The molecule has 0 aromatic heterocycles. The Morgan fingerprint density at radius 3 is 2.50 bits per heavy atom. The quantitative estimate of drug-likeness (QED) is 0.712. The van der Waals surface area contributed by atoms with Crippen LogP contribution in [-0.4, -0.2) is 33.5 Å². The van der Waals surface area contributed by atoms with Gasteiger partial charge in [0.05, 0.1) is 13.2 Å². The molecule has 1 aromatic rings. The first-order valence-electron chi connectivity index (χ1n) is 6.27. The van der Waals surface area contributed by atoms with Gasteiger partial charge in [-0.05, 0) is 43.0 Å². The molecular weight excluding hydrogens is 294 g/mol. The van der Waals surface area contributed by atoms with Gasteiger partial charge >= 0.3 is 0 Å². The van der Waals surface area contributed by atoms with Crippen molar-refractivity contribution in [3.05, 3.63) is 34.3 Å². The van der Waals surface area contributed by atoms with Crippen molar-refractivity contribution in [2.75, 3.05) is 33.5 Å². The minimum Gasteiger partial charge on any atom is -0.382 e. The third kappa shape index (κ3) is 6.50. The molecule has 0 saturated carbocycles. The van der Waals surface area contributed by atoms with Gasteiger partial charge in [0.2, 0.25) is 0 Å². The number of halogens is 1. The van der Waals surface area contributed by atoms with E-state index in [4.69, 9.17) is 15.2 Å². The van der Waals surface area contributed by atoms with E-state index in [0.29, 0.717) is 25.7 Å². The highest BCUT2D eigenvalue weighted by Gasteiger charge is 2.07. The summed E-state index contributed by atoms with van der Waals surface area (Å²) in [4.78, 5) is 0. The summed E-state index contributed by atoms with van der Waals surface area (Å²) in [6.45, 7) is 2.76. The Morgan fingerprint density at radius 2 is 1.89 bits per heavy atom. The molecule has 18 heavy (non-hydrogen) atoms. The van der Waals surface area contributed by atoms with Crippen LogP contribution in [0.2, 0.25) is 0 Å². The molecule has 0 fully saturated rings. The maximum absolute atomic E-state index is 5.80. The first kappa shape index (κ1) is 15.6. The molecule has 0 radical (unpaired) electrons. The first-order valence-corrected chi connectivity index (χ1v) is 7.06. The van der Waals surface area contributed by atoms with Crippen molar-refractivity contribution in [3.8, 4) is 0 Å². The van der Waals surface area contributed by atoms with Crippen LogP contribution in [0.15, 0.2) is 28.7 Å². The average molecular weight is 316 g/mol. The first-order chi connectivity index (χ1) is 8.76. The highest BCUT2D eigenvalue weighted by atomic mass is 79.9. The fourth-order valence-corrected chi connectivity index (χ4v) is 2.02. The van der Waals surface area contributed by atoms with Gasteiger partial charge in [-0.2, -0.15) is 0 Å². The fourth-order valence-electron chi connectivity index (χ4n) is 1.75. The lowest BCUT2D eigenvalue weighted by atomic mass is 9.97. The standard InChI is InChI=1S/C14H22BrNO2/c1-17-8-9-18-7-6-13(11-16)10-12-2-4-14(15)5-3-12/h2-5,13H,6-11,16H2,1H3. The van der Waals surface area contributed by atoms with Gasteiger partial charge in [0.1, 0.15) is 0 Å². The van der Waals surface area contributed by atoms with Crippen LogP contribution in [0.25, 0.3) is 0 Å². The maximum Gasteiger partial charge on any atom is 0.0700 e. The zero-order valence-corrected chi connectivity index (χ0v) is 12.5. The smallest absolute Gasteiger partial charge is 0.0700 e. The van der Waals surface area contributed by atoms with Crippen molar-refractivity contribution in [1.82, 2.24) is 0 Å². The summed E-state index contributed by atoms with van der Waals surface area (Å²) in [7, 11) is 1.68. The van der Waals surface area contributed by atoms with Crippen molar-refractivity contribution in [2.45, 2.75) is 12.8 Å². The van der Waals surface area contributed by atoms with E-state index in [1.165, 1.54) is 5.56 Å². The lowest BCUT2D eigenvalue weighted by Crippen LogP contribution is -2.19. The van der Waals surface area contributed by atoms with Crippen molar-refractivity contribution in [3.63, 3.8) is 0 Å². The Balaban J connectivity index is 2.26. The molecule has 0 spiro atoms. The van der Waals surface area contributed by atoms with Gasteiger partial charge in [-0.1, -0.05) is 28.1 Å². The van der Waals surface area contributed by atoms with Crippen LogP contribution in [-0.2, 0) is 15.9 Å². The molecule has 0 saturated heterocycles. The molecule has 2 N–H and O–H groups in total. The largest absolute Gasteiger partial charge is 0.382 e. The maximum atomic E-state index is 5.80. The van der Waals surface area contributed by atoms with E-state index in [1.807, 2.05) is 0 Å². The summed E-state index contributed by atoms with van der Waals surface area (Å²) in [6, 6.07) is 8.41. The summed E-state index contributed by atoms with van der Waals surface area (Å²) < 4.78 is 11.5. The predicted octanol–water partition coefficient (Wildman–Crippen LogP) is 2.62. The minimum atomic E-state index is 0.480. The van der Waals surface area contributed by atoms with Crippen LogP contribution >= 0.6 is 15.9 Å². The van der Waals surface area contributed by atoms with Crippen LogP contribution in [0.5, 0.6) is 0 Å². The number of rotatable bonds is 9. The Morgan fingerprint density at radius 1 is 1.17 bits per heavy atom. The summed E-state index contributed by atoms with van der Waals surface area (Å²) in [5.74, 6) is 0.480. The van der Waals surface area contributed by atoms with Crippen LogP contribution in [0.1, 0.15) is 12.0 Å². The second-order valence-electron chi connectivity index (χ2n) is 4.33. The van der Waals surface area contributed by atoms with Crippen molar-refractivity contribution in [2.24, 2.45) is 11.7 Å². The number of nitrogens with two attached hydrogens (primary N) is 1. The normalized spacial score (nSPS) is 12.6. The van der Waals surface area contributed by atoms with Crippen molar-refractivity contribution >= 4 is 15.9 Å². The minimum absolute atomic E-state index is 0.480. The summed E-state index contributed by atoms with van der Waals surface area (Å²) in [6.07, 6.45) is 2.01. The van der Waals surface area contributed by atoms with E-state index >= 15 is 0 Å². The third-order valence-electron chi connectivity index (χ3n) is 2.87. The van der Waals surface area contributed by atoms with E-state index in [1.54, 1.807) is 7.11 Å². The molecule has 0 aliphatic heterocycles. The van der Waals surface area contributed by atoms with Crippen LogP contribution in [0, 0.1) is 5.92 Å². The molecule has 1 unspecified atom stereocenters. The monoisotopic (exact) mass is 315 g/mol. The van der Waals surface area contributed by atoms with Gasteiger partial charge in [0, 0.05) is 18.2 Å². The Bertz CT molecular complexity index is 316. The topological polar surface area (TPSA) is 44.5 Å². The highest BCUT2D eigenvalue weighted by molar-refractivity contribution is 9.10. The van der Waals surface area contributed by atoms with E-state index in [9.17, 15) is 0 Å². The number of hydrogen-bond acceptors (Lipinski definition) is 3. The molecule has 4 heteroatoms. The average Bonchev–Trinajstić information content (AvgIpc) is 2.39. The van der Waals surface area contributed by atoms with E-state index < -0.39 is 0 Å². The highest BCUT2D eigenvalue weighted by Crippen LogP contribution is 2.15. The van der Waals surface area contributed by atoms with Gasteiger partial charge in [0.15, 0.2) is 0 Å². The van der Waals surface area contributed by atoms with Gasteiger partial charge in [-0.15, -0.1) is 0 Å². The Hall–Kier alpha value is -0.420. The molecule has 102 valence electrons. The molecule has 0 amide bonds. The van der Waals surface area contributed by atoms with Gasteiger partial charge < -0.3 is 15.2 Å². The summed E-state index contributed by atoms with van der Waals surface area (Å²) in [5, 5.41) is 0. The van der Waals surface area contributed by atoms with Gasteiger partial charge in [-0.3, -0.25) is 0 Å². The lowest BCUT2D eigenvalue weighted by molar-refractivity contribution is 0.0641. The second kappa shape index (κ2) is 9.50. The fraction of sp³-hybridized carbons (Fsp3) is 0.571. The molecule has 1 rings (SSSR count). The lowest BCUT2D eigenvalue weighted by Gasteiger charge is -2.15. The van der Waals surface area contributed by atoms with E-state index in [2.05, 4.69) is 40.2 Å². The number of hydrogen-bond donors (Lipinski definition) is 1. The van der Waals surface area contributed by atoms with Gasteiger partial charge in [-0.25, -0.2) is 0 Å². The molecule has 0 heterocycles. The zero-order valence-electron chi connectivity index (χ0n) is 10.9. The van der Waals surface area contributed by atoms with Gasteiger partial charge in [0.25, 0.3) is 0 Å². The van der Waals surface area contributed by atoms with Crippen molar-refractivity contribution in [1.29, 1.82) is 0 Å². The third-order valence-corrected chi connectivity index (χ3v) is 3.40. The zero-order chi connectivity index (χ0) is 13.2. The second-order valence-corrected chi connectivity index (χ2v) is 5.24. The molecule has 0 bridgehead atoms. The van der Waals surface area contributed by atoms with E-state index in [-0.39, 0.29) is 0 Å². The SMILES string of the molecule is COCCOCCC(CN)Cc1ccc(Br)cc1.